The molecule has 0 aliphatic rings. The molecule has 0 saturated carbocycles. The highest BCUT2D eigenvalue weighted by Crippen LogP contribution is 2.16. The number of benzene rings is 1. The van der Waals surface area contributed by atoms with Gasteiger partial charge in [0.05, 0.1) is 23.6 Å². The predicted molar refractivity (Wildman–Crippen MR) is 106 cm³/mol. The van der Waals surface area contributed by atoms with E-state index < -0.39 is 17.4 Å². The first-order valence-corrected chi connectivity index (χ1v) is 9.07. The Bertz CT molecular complexity index is 1120. The molecule has 1 aromatic carbocycles. The molecule has 0 saturated heterocycles. The van der Waals surface area contributed by atoms with Crippen LogP contribution in [-0.4, -0.2) is 38.0 Å². The van der Waals surface area contributed by atoms with Crippen LogP contribution in [0.2, 0.25) is 0 Å². The van der Waals surface area contributed by atoms with E-state index in [9.17, 15) is 14.4 Å². The maximum Gasteiger partial charge on any atom is 0.340 e. The molecule has 3 rings (SSSR count). The van der Waals surface area contributed by atoms with Crippen molar-refractivity contribution in [2.45, 2.75) is 27.3 Å². The van der Waals surface area contributed by atoms with Crippen molar-refractivity contribution in [2.75, 3.05) is 11.9 Å². The molecule has 0 atom stereocenters. The Morgan fingerprint density at radius 1 is 1.10 bits per heavy atom. The first kappa shape index (κ1) is 20.0. The van der Waals surface area contributed by atoms with Crippen LogP contribution in [0.5, 0.6) is 0 Å². The van der Waals surface area contributed by atoms with Crippen LogP contribution in [0.3, 0.4) is 0 Å². The molecule has 150 valence electrons. The molecule has 2 heterocycles. The lowest BCUT2D eigenvalue weighted by atomic mass is 10.2. The molecule has 9 heteroatoms. The van der Waals surface area contributed by atoms with Gasteiger partial charge in [-0.2, -0.15) is 5.10 Å². The molecule has 0 aliphatic carbocycles. The van der Waals surface area contributed by atoms with Gasteiger partial charge >= 0.3 is 5.97 Å². The molecule has 0 unspecified atom stereocenters. The number of hydrogen-bond acceptors (Lipinski definition) is 6. The van der Waals surface area contributed by atoms with Crippen molar-refractivity contribution in [1.82, 2.24) is 19.6 Å². The van der Waals surface area contributed by atoms with Gasteiger partial charge in [0.25, 0.3) is 5.56 Å². The van der Waals surface area contributed by atoms with E-state index in [2.05, 4.69) is 15.5 Å². The average molecular weight is 395 g/mol. The SMILES string of the molecule is CCOC(=O)c1ccccc1NC(=O)Cn1nc(-n2nc(C)cc2C)ccc1=O. The average Bonchev–Trinajstić information content (AvgIpc) is 3.02. The Hall–Kier alpha value is -3.75. The van der Waals surface area contributed by atoms with Gasteiger partial charge in [0.2, 0.25) is 5.91 Å². The summed E-state index contributed by atoms with van der Waals surface area (Å²) in [6.45, 7) is 5.33. The minimum atomic E-state index is -0.537. The number of carbonyl (C=O) groups is 2. The molecule has 9 nitrogen and oxygen atoms in total. The topological polar surface area (TPSA) is 108 Å². The molecule has 0 aliphatic heterocycles. The lowest BCUT2D eigenvalue weighted by Crippen LogP contribution is -2.30. The van der Waals surface area contributed by atoms with Crippen LogP contribution in [0.15, 0.2) is 47.3 Å². The Balaban J connectivity index is 1.82. The smallest absolute Gasteiger partial charge is 0.340 e. The van der Waals surface area contributed by atoms with Crippen molar-refractivity contribution >= 4 is 17.6 Å². The van der Waals surface area contributed by atoms with E-state index in [-0.39, 0.29) is 18.7 Å². The summed E-state index contributed by atoms with van der Waals surface area (Å²) in [5, 5.41) is 11.2. The van der Waals surface area contributed by atoms with Crippen LogP contribution < -0.4 is 10.9 Å². The van der Waals surface area contributed by atoms with Gasteiger partial charge in [0, 0.05) is 11.8 Å². The van der Waals surface area contributed by atoms with Crippen molar-refractivity contribution in [3.8, 4) is 5.82 Å². The van der Waals surface area contributed by atoms with Crippen LogP contribution in [-0.2, 0) is 16.1 Å². The van der Waals surface area contributed by atoms with Crippen LogP contribution >= 0.6 is 0 Å². The normalized spacial score (nSPS) is 10.6. The van der Waals surface area contributed by atoms with Crippen molar-refractivity contribution in [3.63, 3.8) is 0 Å². The first-order chi connectivity index (χ1) is 13.9. The number of amides is 1. The molecule has 29 heavy (non-hydrogen) atoms. The van der Waals surface area contributed by atoms with Gasteiger partial charge in [-0.3, -0.25) is 9.59 Å². The zero-order valence-electron chi connectivity index (χ0n) is 16.4. The van der Waals surface area contributed by atoms with Gasteiger partial charge in [-0.15, -0.1) is 5.10 Å². The highest BCUT2D eigenvalue weighted by Gasteiger charge is 2.15. The molecule has 0 spiro atoms. The lowest BCUT2D eigenvalue weighted by molar-refractivity contribution is -0.117. The maximum absolute atomic E-state index is 12.5. The second-order valence-electron chi connectivity index (χ2n) is 6.34. The van der Waals surface area contributed by atoms with Crippen LogP contribution in [0.25, 0.3) is 5.82 Å². The number of rotatable bonds is 6. The highest BCUT2D eigenvalue weighted by molar-refractivity contribution is 6.01. The predicted octanol–water partition coefficient (Wildman–Crippen LogP) is 1.86. The third-order valence-electron chi connectivity index (χ3n) is 4.07. The van der Waals surface area contributed by atoms with E-state index >= 15 is 0 Å². The van der Waals surface area contributed by atoms with Crippen molar-refractivity contribution in [3.05, 3.63) is 69.8 Å². The molecule has 0 bridgehead atoms. The molecule has 1 amide bonds. The van der Waals surface area contributed by atoms with E-state index in [1.807, 2.05) is 19.9 Å². The molecule has 0 radical (unpaired) electrons. The summed E-state index contributed by atoms with van der Waals surface area (Å²) in [5.74, 6) is -0.609. The van der Waals surface area contributed by atoms with Gasteiger partial charge < -0.3 is 10.1 Å². The molecule has 1 N–H and O–H groups in total. The molecule has 0 fully saturated rings. The standard InChI is InChI=1S/C20H21N5O4/c1-4-29-20(28)15-7-5-6-8-16(15)21-18(26)12-24-19(27)10-9-17(23-24)25-14(3)11-13(2)22-25/h5-11H,4,12H2,1-3H3,(H,21,26). The van der Waals surface area contributed by atoms with E-state index in [0.717, 1.165) is 16.1 Å². The fourth-order valence-corrected chi connectivity index (χ4v) is 2.83. The summed E-state index contributed by atoms with van der Waals surface area (Å²) in [4.78, 5) is 36.7. The molecular weight excluding hydrogens is 374 g/mol. The fraction of sp³-hybridized carbons (Fsp3) is 0.250. The number of nitrogens with zero attached hydrogens (tertiary/aromatic N) is 4. The summed E-state index contributed by atoms with van der Waals surface area (Å²) in [6, 6.07) is 11.3. The Morgan fingerprint density at radius 3 is 2.55 bits per heavy atom. The Morgan fingerprint density at radius 2 is 1.86 bits per heavy atom. The van der Waals surface area contributed by atoms with Crippen LogP contribution in [0.1, 0.15) is 28.7 Å². The van der Waals surface area contributed by atoms with E-state index in [4.69, 9.17) is 4.74 Å². The number of hydrogen-bond donors (Lipinski definition) is 1. The number of carbonyl (C=O) groups excluding carboxylic acids is 2. The van der Waals surface area contributed by atoms with Crippen molar-refractivity contribution in [1.29, 1.82) is 0 Å². The number of ether oxygens (including phenoxy) is 1. The first-order valence-electron chi connectivity index (χ1n) is 9.07. The highest BCUT2D eigenvalue weighted by atomic mass is 16.5. The Labute approximate surface area is 166 Å². The van der Waals surface area contributed by atoms with Crippen molar-refractivity contribution in [2.24, 2.45) is 0 Å². The minimum Gasteiger partial charge on any atom is -0.462 e. The second kappa shape index (κ2) is 8.51. The molecular formula is C20H21N5O4. The van der Waals surface area contributed by atoms with Gasteiger partial charge in [-0.25, -0.2) is 14.2 Å². The second-order valence-corrected chi connectivity index (χ2v) is 6.34. The number of aromatic nitrogens is 4. The summed E-state index contributed by atoms with van der Waals surface area (Å²) in [6.07, 6.45) is 0. The number of aryl methyl sites for hydroxylation is 2. The molecule has 3 aromatic rings. The quantitative estimate of drug-likeness (QED) is 0.638. The molecule has 2 aromatic heterocycles. The van der Waals surface area contributed by atoms with Crippen LogP contribution in [0, 0.1) is 13.8 Å². The number of nitrogens with one attached hydrogen (secondary N) is 1. The minimum absolute atomic E-state index is 0.222. The number of esters is 1. The third kappa shape index (κ3) is 4.57. The van der Waals surface area contributed by atoms with Crippen molar-refractivity contribution < 1.29 is 14.3 Å². The van der Waals surface area contributed by atoms with Crippen LogP contribution in [0.4, 0.5) is 5.69 Å². The van der Waals surface area contributed by atoms with E-state index in [1.165, 1.54) is 6.07 Å². The zero-order chi connectivity index (χ0) is 21.0. The summed E-state index contributed by atoms with van der Waals surface area (Å²) in [7, 11) is 0. The fourth-order valence-electron chi connectivity index (χ4n) is 2.83. The lowest BCUT2D eigenvalue weighted by Gasteiger charge is -2.11. The monoisotopic (exact) mass is 395 g/mol. The Kier molecular flexibility index (Phi) is 5.87. The summed E-state index contributed by atoms with van der Waals surface area (Å²) < 4.78 is 7.64. The number of anilines is 1. The number of para-hydroxylation sites is 1. The third-order valence-corrected chi connectivity index (χ3v) is 4.07. The van der Waals surface area contributed by atoms with E-state index in [1.54, 1.807) is 41.9 Å². The maximum atomic E-state index is 12.5. The summed E-state index contributed by atoms with van der Waals surface area (Å²) in [5.41, 5.74) is 1.78. The van der Waals surface area contributed by atoms with Gasteiger partial charge in [-0.1, -0.05) is 12.1 Å². The largest absolute Gasteiger partial charge is 0.462 e. The van der Waals surface area contributed by atoms with E-state index in [0.29, 0.717) is 11.5 Å². The van der Waals surface area contributed by atoms with Gasteiger partial charge in [-0.05, 0) is 45.0 Å². The zero-order valence-corrected chi connectivity index (χ0v) is 16.4. The summed E-state index contributed by atoms with van der Waals surface area (Å²) >= 11 is 0. The van der Waals surface area contributed by atoms with Gasteiger partial charge in [0.1, 0.15) is 6.54 Å². The van der Waals surface area contributed by atoms with Gasteiger partial charge in [0.15, 0.2) is 5.82 Å².